The predicted octanol–water partition coefficient (Wildman–Crippen LogP) is 1.90. The zero-order chi connectivity index (χ0) is 14.8. The van der Waals surface area contributed by atoms with Crippen LogP contribution < -0.4 is 10.5 Å². The van der Waals surface area contributed by atoms with Crippen molar-refractivity contribution in [2.45, 2.75) is 9.99 Å². The fourth-order valence-corrected chi connectivity index (χ4v) is 2.33. The van der Waals surface area contributed by atoms with Gasteiger partial charge in [-0.3, -0.25) is 4.79 Å². The van der Waals surface area contributed by atoms with Crippen LogP contribution in [0.4, 0.5) is 5.69 Å². The van der Waals surface area contributed by atoms with Gasteiger partial charge < -0.3 is 9.73 Å². The lowest BCUT2D eigenvalue weighted by atomic mass is 10.3. The van der Waals surface area contributed by atoms with Gasteiger partial charge in [0.25, 0.3) is 15.9 Å². The zero-order valence-corrected chi connectivity index (χ0v) is 12.1. The van der Waals surface area contributed by atoms with E-state index in [1.54, 1.807) is 23.9 Å². The second kappa shape index (κ2) is 5.70. The van der Waals surface area contributed by atoms with Crippen molar-refractivity contribution in [2.24, 2.45) is 5.14 Å². The van der Waals surface area contributed by atoms with Crippen molar-refractivity contribution in [3.8, 4) is 0 Å². The number of carbonyl (C=O) groups excluding carboxylic acids is 1. The smallest absolute Gasteiger partial charge is 0.291 e. The van der Waals surface area contributed by atoms with Crippen LogP contribution in [0.5, 0.6) is 0 Å². The molecule has 0 spiro atoms. The topological polar surface area (TPSA) is 102 Å². The van der Waals surface area contributed by atoms with Crippen molar-refractivity contribution in [1.82, 2.24) is 0 Å². The predicted molar refractivity (Wildman–Crippen MR) is 76.3 cm³/mol. The third kappa shape index (κ3) is 3.41. The van der Waals surface area contributed by atoms with Crippen LogP contribution in [0.15, 0.2) is 50.8 Å². The Bertz CT molecular complexity index is 720. The quantitative estimate of drug-likeness (QED) is 0.839. The number of thioether (sulfide) groups is 1. The number of amides is 1. The molecule has 0 aliphatic heterocycles. The summed E-state index contributed by atoms with van der Waals surface area (Å²) in [5.41, 5.74) is 0.585. The molecule has 0 unspecified atom stereocenters. The molecule has 1 aromatic heterocycles. The van der Waals surface area contributed by atoms with Gasteiger partial charge >= 0.3 is 0 Å². The van der Waals surface area contributed by atoms with Crippen LogP contribution >= 0.6 is 11.8 Å². The van der Waals surface area contributed by atoms with Crippen LogP contribution in [0.1, 0.15) is 10.6 Å². The molecule has 1 aromatic carbocycles. The fraction of sp³-hybridized carbons (Fsp3) is 0.0833. The summed E-state index contributed by atoms with van der Waals surface area (Å²) in [7, 11) is -3.95. The first-order valence-electron chi connectivity index (χ1n) is 5.48. The molecule has 0 bridgehead atoms. The Morgan fingerprint density at radius 1 is 1.20 bits per heavy atom. The Labute approximate surface area is 120 Å². The Morgan fingerprint density at radius 2 is 1.85 bits per heavy atom. The second-order valence-electron chi connectivity index (χ2n) is 3.85. The molecule has 0 radical (unpaired) electrons. The second-order valence-corrected chi connectivity index (χ2v) is 6.22. The number of hydrogen-bond donors (Lipinski definition) is 2. The molecule has 1 amide bonds. The normalized spacial score (nSPS) is 11.3. The molecule has 0 saturated carbocycles. The average molecular weight is 312 g/mol. The summed E-state index contributed by atoms with van der Waals surface area (Å²) < 4.78 is 27.0. The number of nitrogens with two attached hydrogens (primary N) is 1. The molecule has 106 valence electrons. The molecule has 0 saturated heterocycles. The Kier molecular flexibility index (Phi) is 4.17. The van der Waals surface area contributed by atoms with Crippen LogP contribution in [0.3, 0.4) is 0 Å². The van der Waals surface area contributed by atoms with Crippen LogP contribution in [0, 0.1) is 0 Å². The van der Waals surface area contributed by atoms with Crippen LogP contribution in [0.25, 0.3) is 0 Å². The molecule has 0 fully saturated rings. The van der Waals surface area contributed by atoms with E-state index in [-0.39, 0.29) is 5.76 Å². The lowest BCUT2D eigenvalue weighted by Gasteiger charge is -2.03. The summed E-state index contributed by atoms with van der Waals surface area (Å²) in [6.07, 6.45) is 1.95. The average Bonchev–Trinajstić information content (AvgIpc) is 2.89. The Hall–Kier alpha value is -1.77. The molecular formula is C12H12N2O4S2. The lowest BCUT2D eigenvalue weighted by Crippen LogP contribution is -2.12. The SMILES string of the molecule is CSc1ccc(NC(=O)c2ccc(S(N)(=O)=O)o2)cc1. The summed E-state index contributed by atoms with van der Waals surface area (Å²) >= 11 is 1.59. The van der Waals surface area contributed by atoms with E-state index in [4.69, 9.17) is 9.56 Å². The van der Waals surface area contributed by atoms with Crippen molar-refractivity contribution in [3.05, 3.63) is 42.2 Å². The maximum Gasteiger partial charge on any atom is 0.291 e. The van der Waals surface area contributed by atoms with Gasteiger partial charge in [0.15, 0.2) is 5.76 Å². The van der Waals surface area contributed by atoms with E-state index in [9.17, 15) is 13.2 Å². The highest BCUT2D eigenvalue weighted by Crippen LogP contribution is 2.19. The molecule has 8 heteroatoms. The number of anilines is 1. The summed E-state index contributed by atoms with van der Waals surface area (Å²) in [6, 6.07) is 9.60. The minimum Gasteiger partial charge on any atom is -0.438 e. The molecule has 2 rings (SSSR count). The maximum absolute atomic E-state index is 11.9. The van der Waals surface area contributed by atoms with Crippen LogP contribution in [-0.4, -0.2) is 20.6 Å². The molecule has 3 N–H and O–H groups in total. The molecule has 1 heterocycles. The minimum absolute atomic E-state index is 0.122. The van der Waals surface area contributed by atoms with E-state index in [1.807, 2.05) is 18.4 Å². The van der Waals surface area contributed by atoms with E-state index in [0.717, 1.165) is 11.0 Å². The van der Waals surface area contributed by atoms with E-state index in [1.165, 1.54) is 6.07 Å². The molecular weight excluding hydrogens is 300 g/mol. The maximum atomic E-state index is 11.9. The summed E-state index contributed by atoms with van der Waals surface area (Å²) in [4.78, 5) is 12.9. The third-order valence-electron chi connectivity index (χ3n) is 2.43. The highest BCUT2D eigenvalue weighted by Gasteiger charge is 2.17. The minimum atomic E-state index is -3.95. The van der Waals surface area contributed by atoms with Gasteiger partial charge in [0.05, 0.1) is 0 Å². The first-order chi connectivity index (χ1) is 9.40. The summed E-state index contributed by atoms with van der Waals surface area (Å²) in [6.45, 7) is 0. The van der Waals surface area contributed by atoms with Gasteiger partial charge in [0.1, 0.15) is 0 Å². The molecule has 0 aliphatic carbocycles. The van der Waals surface area contributed by atoms with Crippen molar-refractivity contribution in [1.29, 1.82) is 0 Å². The number of sulfonamides is 1. The van der Waals surface area contributed by atoms with Crippen molar-refractivity contribution >= 4 is 33.4 Å². The number of rotatable bonds is 4. The van der Waals surface area contributed by atoms with E-state index in [2.05, 4.69) is 5.32 Å². The molecule has 0 aliphatic rings. The summed E-state index contributed by atoms with van der Waals surface area (Å²) in [5, 5.41) is 7.05. The van der Waals surface area contributed by atoms with Gasteiger partial charge in [-0.1, -0.05) is 0 Å². The van der Waals surface area contributed by atoms with Gasteiger partial charge in [-0.15, -0.1) is 11.8 Å². The zero-order valence-electron chi connectivity index (χ0n) is 10.5. The standard InChI is InChI=1S/C12H12N2O4S2/c1-19-9-4-2-8(3-5-9)14-12(15)10-6-7-11(18-10)20(13,16)17/h2-7H,1H3,(H,14,15)(H2,13,16,17). The first-order valence-corrected chi connectivity index (χ1v) is 8.25. The monoisotopic (exact) mass is 312 g/mol. The fourth-order valence-electron chi connectivity index (χ4n) is 1.46. The van der Waals surface area contributed by atoms with E-state index >= 15 is 0 Å². The third-order valence-corrected chi connectivity index (χ3v) is 3.96. The van der Waals surface area contributed by atoms with Crippen LogP contribution in [0.2, 0.25) is 0 Å². The Morgan fingerprint density at radius 3 is 2.35 bits per heavy atom. The molecule has 20 heavy (non-hydrogen) atoms. The number of carbonyl (C=O) groups is 1. The van der Waals surface area contributed by atoms with Crippen molar-refractivity contribution in [3.63, 3.8) is 0 Å². The Balaban J connectivity index is 2.13. The first kappa shape index (κ1) is 14.6. The van der Waals surface area contributed by atoms with Gasteiger partial charge in [0, 0.05) is 10.6 Å². The lowest BCUT2D eigenvalue weighted by molar-refractivity contribution is 0.0991. The highest BCUT2D eigenvalue weighted by atomic mass is 32.2. The number of furan rings is 1. The van der Waals surface area contributed by atoms with Crippen molar-refractivity contribution < 1.29 is 17.6 Å². The largest absolute Gasteiger partial charge is 0.438 e. The van der Waals surface area contributed by atoms with Gasteiger partial charge in [0.2, 0.25) is 5.09 Å². The van der Waals surface area contributed by atoms with Gasteiger partial charge in [-0.25, -0.2) is 13.6 Å². The summed E-state index contributed by atoms with van der Waals surface area (Å²) in [5.74, 6) is -0.667. The number of hydrogen-bond acceptors (Lipinski definition) is 5. The highest BCUT2D eigenvalue weighted by molar-refractivity contribution is 7.98. The van der Waals surface area contributed by atoms with Crippen molar-refractivity contribution in [2.75, 3.05) is 11.6 Å². The van der Waals surface area contributed by atoms with Gasteiger partial charge in [-0.05, 0) is 42.7 Å². The van der Waals surface area contributed by atoms with Crippen LogP contribution in [-0.2, 0) is 10.0 Å². The number of nitrogens with one attached hydrogen (secondary N) is 1. The molecule has 6 nitrogen and oxygen atoms in total. The van der Waals surface area contributed by atoms with E-state index in [0.29, 0.717) is 5.69 Å². The number of benzene rings is 1. The molecule has 2 aromatic rings. The van der Waals surface area contributed by atoms with Gasteiger partial charge in [-0.2, -0.15) is 0 Å². The number of primary sulfonamides is 1. The van der Waals surface area contributed by atoms with E-state index < -0.39 is 21.0 Å². The molecule has 0 atom stereocenters.